The van der Waals surface area contributed by atoms with Crippen LogP contribution in [0.1, 0.15) is 70.6 Å². The Bertz CT molecular complexity index is 910. The van der Waals surface area contributed by atoms with Gasteiger partial charge in [-0.2, -0.15) is 0 Å². The van der Waals surface area contributed by atoms with Crippen molar-refractivity contribution in [3.63, 3.8) is 0 Å². The Morgan fingerprint density at radius 3 is 1.56 bits per heavy atom. The Labute approximate surface area is 165 Å². The lowest BCUT2D eigenvalue weighted by Crippen LogP contribution is -2.20. The average Bonchev–Trinajstić information content (AvgIpc) is 3.31. The maximum absolute atomic E-state index is 2.51. The molecule has 1 heterocycles. The molecule has 1 fully saturated rings. The van der Waals surface area contributed by atoms with Gasteiger partial charge in [-0.15, -0.1) is 0 Å². The summed E-state index contributed by atoms with van der Waals surface area (Å²) in [5.41, 5.74) is 12.4. The van der Waals surface area contributed by atoms with Gasteiger partial charge in [-0.3, -0.25) is 0 Å². The second-order valence-electron chi connectivity index (χ2n) is 8.81. The van der Waals surface area contributed by atoms with Gasteiger partial charge in [0, 0.05) is 10.5 Å². The van der Waals surface area contributed by atoms with Gasteiger partial charge in [0.25, 0.3) is 0 Å². The van der Waals surface area contributed by atoms with Gasteiger partial charge < -0.3 is 0 Å². The maximum atomic E-state index is 2.51. The fourth-order valence-electron chi connectivity index (χ4n) is 6.05. The summed E-state index contributed by atoms with van der Waals surface area (Å²) in [6.07, 6.45) is 7.83. The Morgan fingerprint density at radius 2 is 1.11 bits per heavy atom. The number of fused-ring (bicyclic) bond motifs is 2. The van der Waals surface area contributed by atoms with Crippen LogP contribution in [-0.2, 0) is 0 Å². The van der Waals surface area contributed by atoms with Crippen molar-refractivity contribution in [2.45, 2.75) is 51.0 Å². The van der Waals surface area contributed by atoms with Crippen LogP contribution in [-0.4, -0.2) is 11.5 Å². The van der Waals surface area contributed by atoms with Crippen molar-refractivity contribution in [2.24, 2.45) is 0 Å². The highest BCUT2D eigenvalue weighted by atomic mass is 32.3. The maximum Gasteiger partial charge on any atom is 0.0366 e. The molecule has 1 aliphatic heterocycles. The van der Waals surface area contributed by atoms with Gasteiger partial charge in [-0.1, -0.05) is 59.7 Å². The van der Waals surface area contributed by atoms with Crippen molar-refractivity contribution in [3.8, 4) is 0 Å². The van der Waals surface area contributed by atoms with E-state index < -0.39 is 10.0 Å². The van der Waals surface area contributed by atoms with E-state index in [0.29, 0.717) is 10.5 Å². The Hall–Kier alpha value is -1.73. The van der Waals surface area contributed by atoms with E-state index in [9.17, 15) is 0 Å². The lowest BCUT2D eigenvalue weighted by atomic mass is 10.0. The molecule has 2 aliphatic carbocycles. The first-order valence-corrected chi connectivity index (χ1v) is 12.4. The number of rotatable bonds is 2. The van der Waals surface area contributed by atoms with E-state index in [0.717, 1.165) is 0 Å². The molecule has 3 aliphatic rings. The van der Waals surface area contributed by atoms with Gasteiger partial charge in [0.2, 0.25) is 0 Å². The van der Waals surface area contributed by atoms with E-state index in [1.54, 1.807) is 22.3 Å². The topological polar surface area (TPSA) is 0 Å². The zero-order chi connectivity index (χ0) is 18.8. The van der Waals surface area contributed by atoms with Crippen LogP contribution in [0.15, 0.2) is 47.5 Å². The third kappa shape index (κ3) is 2.37. The Kier molecular flexibility index (Phi) is 3.95. The SMILES string of the molecule is CC1=Cc2c(C)cccc2C1S1(C2C(C)=Cc3c(C)cccc32)CCCC1. The van der Waals surface area contributed by atoms with Gasteiger partial charge in [-0.05, 0) is 85.4 Å². The van der Waals surface area contributed by atoms with Crippen molar-refractivity contribution in [2.75, 3.05) is 11.5 Å². The van der Waals surface area contributed by atoms with Crippen LogP contribution in [0.5, 0.6) is 0 Å². The molecule has 0 nitrogen and oxygen atoms in total. The fourth-order valence-corrected chi connectivity index (χ4v) is 12.0. The van der Waals surface area contributed by atoms with E-state index in [1.165, 1.54) is 46.6 Å². The number of hydrogen-bond acceptors (Lipinski definition) is 0. The monoisotopic (exact) mass is 374 g/mol. The summed E-state index contributed by atoms with van der Waals surface area (Å²) in [6.45, 7) is 9.37. The fraction of sp³-hybridized carbons (Fsp3) is 0.385. The normalized spacial score (nSPS) is 26.4. The number of benzene rings is 2. The van der Waals surface area contributed by atoms with E-state index in [4.69, 9.17) is 0 Å². The predicted molar refractivity (Wildman–Crippen MR) is 122 cm³/mol. The van der Waals surface area contributed by atoms with Crippen LogP contribution in [0, 0.1) is 13.8 Å². The van der Waals surface area contributed by atoms with Gasteiger partial charge >= 0.3 is 0 Å². The van der Waals surface area contributed by atoms with E-state index in [-0.39, 0.29) is 0 Å². The van der Waals surface area contributed by atoms with Crippen molar-refractivity contribution < 1.29 is 0 Å². The molecule has 0 amide bonds. The molecular weight excluding hydrogens is 344 g/mol. The average molecular weight is 375 g/mol. The summed E-state index contributed by atoms with van der Waals surface area (Å²) < 4.78 is 0. The van der Waals surface area contributed by atoms with Crippen LogP contribution in [0.3, 0.4) is 0 Å². The summed E-state index contributed by atoms with van der Waals surface area (Å²) in [7, 11) is -0.813. The molecule has 0 saturated carbocycles. The molecule has 0 spiro atoms. The van der Waals surface area contributed by atoms with E-state index >= 15 is 0 Å². The molecule has 140 valence electrons. The summed E-state index contributed by atoms with van der Waals surface area (Å²) >= 11 is 0. The summed E-state index contributed by atoms with van der Waals surface area (Å²) in [4.78, 5) is 0. The van der Waals surface area contributed by atoms with Crippen molar-refractivity contribution >= 4 is 22.2 Å². The number of hydrogen-bond donors (Lipinski definition) is 0. The third-order valence-electron chi connectivity index (χ3n) is 7.09. The van der Waals surface area contributed by atoms with Crippen LogP contribution in [0.4, 0.5) is 0 Å². The quantitative estimate of drug-likeness (QED) is 0.510. The zero-order valence-corrected chi connectivity index (χ0v) is 17.8. The largest absolute Gasteiger partial charge is 0.220 e. The third-order valence-corrected chi connectivity index (χ3v) is 12.3. The molecule has 0 bridgehead atoms. The molecule has 0 aromatic heterocycles. The highest BCUT2D eigenvalue weighted by Crippen LogP contribution is 2.78. The number of aryl methyl sites for hydroxylation is 2. The van der Waals surface area contributed by atoms with Crippen molar-refractivity contribution in [1.82, 2.24) is 0 Å². The summed E-state index contributed by atoms with van der Waals surface area (Å²) in [5, 5.41) is 1.30. The minimum absolute atomic E-state index is 0.648. The van der Waals surface area contributed by atoms with Gasteiger partial charge in [-0.25, -0.2) is 10.0 Å². The second-order valence-corrected chi connectivity index (χ2v) is 12.6. The van der Waals surface area contributed by atoms with Crippen LogP contribution < -0.4 is 0 Å². The lowest BCUT2D eigenvalue weighted by molar-refractivity contribution is 0.949. The molecule has 27 heavy (non-hydrogen) atoms. The minimum atomic E-state index is -0.813. The molecule has 1 saturated heterocycles. The molecule has 0 radical (unpaired) electrons. The first kappa shape index (κ1) is 17.4. The van der Waals surface area contributed by atoms with Gasteiger partial charge in [0.15, 0.2) is 0 Å². The second kappa shape index (κ2) is 6.14. The lowest BCUT2D eigenvalue weighted by Gasteiger charge is -2.49. The first-order valence-electron chi connectivity index (χ1n) is 10.3. The highest BCUT2D eigenvalue weighted by Gasteiger charge is 2.48. The Balaban J connectivity index is 1.71. The summed E-state index contributed by atoms with van der Waals surface area (Å²) in [6, 6.07) is 14.0. The standard InChI is InChI=1S/C26H30S/c1-17-9-7-11-21-23(17)15-19(3)25(21)27(13-5-6-14-27)26-20(4)16-24-18(2)10-8-12-22(24)26/h7-12,15-16,25-26H,5-6,13-14H2,1-4H3. The van der Waals surface area contributed by atoms with Gasteiger partial charge in [0.05, 0.1) is 0 Å². The van der Waals surface area contributed by atoms with Crippen molar-refractivity contribution in [1.29, 1.82) is 0 Å². The smallest absolute Gasteiger partial charge is 0.0366 e. The van der Waals surface area contributed by atoms with Crippen molar-refractivity contribution in [3.05, 3.63) is 80.9 Å². The molecule has 5 rings (SSSR count). The van der Waals surface area contributed by atoms with Crippen LogP contribution in [0.25, 0.3) is 12.2 Å². The molecule has 2 aromatic rings. The Morgan fingerprint density at radius 1 is 0.667 bits per heavy atom. The minimum Gasteiger partial charge on any atom is -0.220 e. The predicted octanol–water partition coefficient (Wildman–Crippen LogP) is 7.52. The molecule has 2 aromatic carbocycles. The highest BCUT2D eigenvalue weighted by molar-refractivity contribution is 8.34. The zero-order valence-electron chi connectivity index (χ0n) is 17.0. The van der Waals surface area contributed by atoms with Crippen LogP contribution in [0.2, 0.25) is 0 Å². The van der Waals surface area contributed by atoms with Crippen LogP contribution >= 0.6 is 10.0 Å². The summed E-state index contributed by atoms with van der Waals surface area (Å²) in [5.74, 6) is 2.86. The van der Waals surface area contributed by atoms with E-state index in [2.05, 4.69) is 76.2 Å². The van der Waals surface area contributed by atoms with Gasteiger partial charge in [0.1, 0.15) is 0 Å². The molecular formula is C26H30S. The molecule has 1 heteroatoms. The molecule has 0 N–H and O–H groups in total. The van der Waals surface area contributed by atoms with E-state index in [1.807, 2.05) is 0 Å². The molecule has 2 atom stereocenters. The molecule has 2 unspecified atom stereocenters. The first-order chi connectivity index (χ1) is 13.0.